The van der Waals surface area contributed by atoms with Crippen molar-refractivity contribution in [3.8, 4) is 0 Å². The summed E-state index contributed by atoms with van der Waals surface area (Å²) in [5.41, 5.74) is 2.58. The van der Waals surface area contributed by atoms with Gasteiger partial charge in [0.1, 0.15) is 5.69 Å². The van der Waals surface area contributed by atoms with Crippen LogP contribution in [-0.2, 0) is 19.5 Å². The number of amides is 1. The van der Waals surface area contributed by atoms with E-state index in [9.17, 15) is 4.79 Å². The van der Waals surface area contributed by atoms with E-state index in [2.05, 4.69) is 37.3 Å². The van der Waals surface area contributed by atoms with E-state index in [0.29, 0.717) is 5.13 Å². The number of rotatable bonds is 4. The first-order valence-corrected chi connectivity index (χ1v) is 9.39. The Morgan fingerprint density at radius 2 is 2.12 bits per heavy atom. The summed E-state index contributed by atoms with van der Waals surface area (Å²) in [6.45, 7) is 2.64. The molecular weight excluding hydrogens is 370 g/mol. The quantitative estimate of drug-likeness (QED) is 0.745. The Hall–Kier alpha value is -2.35. The topological polar surface area (TPSA) is 71.0 Å². The fraction of sp³-hybridized carbons (Fsp3) is 0.222. The van der Waals surface area contributed by atoms with Crippen LogP contribution in [0.2, 0.25) is 5.02 Å². The Bertz CT molecular complexity index is 913. The minimum Gasteiger partial charge on any atom is -0.296 e. The number of thiazole rings is 1. The van der Waals surface area contributed by atoms with Gasteiger partial charge in [-0.15, -0.1) is 11.3 Å². The van der Waals surface area contributed by atoms with Crippen LogP contribution in [0, 0.1) is 0 Å². The Balaban J connectivity index is 1.42. The molecule has 1 aliphatic rings. The van der Waals surface area contributed by atoms with Crippen LogP contribution in [0.1, 0.15) is 26.6 Å². The third-order valence-electron chi connectivity index (χ3n) is 4.15. The average molecular weight is 386 g/mol. The third kappa shape index (κ3) is 3.90. The van der Waals surface area contributed by atoms with Crippen molar-refractivity contribution in [1.29, 1.82) is 0 Å². The van der Waals surface area contributed by atoms with Crippen molar-refractivity contribution in [2.24, 2.45) is 0 Å². The fourth-order valence-corrected chi connectivity index (χ4v) is 4.03. The minimum atomic E-state index is -0.290. The SMILES string of the molecule is O=C(Nc1nc2c(s1)CN(Cc1ccc(Cl)cc1)CC2)c1cnccn1. The fourth-order valence-electron chi connectivity index (χ4n) is 2.86. The van der Waals surface area contributed by atoms with E-state index < -0.39 is 0 Å². The molecule has 0 saturated heterocycles. The molecule has 2 aromatic heterocycles. The van der Waals surface area contributed by atoms with Crippen molar-refractivity contribution >= 4 is 34.0 Å². The molecule has 3 aromatic rings. The summed E-state index contributed by atoms with van der Waals surface area (Å²) in [5, 5.41) is 4.18. The molecule has 0 radical (unpaired) electrons. The monoisotopic (exact) mass is 385 g/mol. The number of hydrogen-bond acceptors (Lipinski definition) is 6. The Labute approximate surface area is 159 Å². The molecule has 4 rings (SSSR count). The lowest BCUT2D eigenvalue weighted by Gasteiger charge is -2.25. The maximum absolute atomic E-state index is 12.2. The van der Waals surface area contributed by atoms with Crippen LogP contribution >= 0.6 is 22.9 Å². The van der Waals surface area contributed by atoms with Gasteiger partial charge in [-0.1, -0.05) is 23.7 Å². The molecule has 1 N–H and O–H groups in total. The van der Waals surface area contributed by atoms with Gasteiger partial charge in [-0.05, 0) is 17.7 Å². The molecule has 0 atom stereocenters. The van der Waals surface area contributed by atoms with Gasteiger partial charge in [0.25, 0.3) is 5.91 Å². The normalized spacial score (nSPS) is 14.0. The van der Waals surface area contributed by atoms with Crippen LogP contribution in [0.4, 0.5) is 5.13 Å². The number of halogens is 1. The highest BCUT2D eigenvalue weighted by Crippen LogP contribution is 2.29. The Kier molecular flexibility index (Phi) is 4.92. The van der Waals surface area contributed by atoms with E-state index >= 15 is 0 Å². The van der Waals surface area contributed by atoms with Gasteiger partial charge < -0.3 is 0 Å². The van der Waals surface area contributed by atoms with E-state index in [0.717, 1.165) is 36.8 Å². The molecular formula is C18H16ClN5OS. The predicted octanol–water partition coefficient (Wildman–Crippen LogP) is 3.40. The average Bonchev–Trinajstić information content (AvgIpc) is 3.06. The molecule has 6 nitrogen and oxygen atoms in total. The molecule has 0 bridgehead atoms. The smallest absolute Gasteiger partial charge is 0.277 e. The van der Waals surface area contributed by atoms with E-state index in [1.54, 1.807) is 0 Å². The standard InChI is InChI=1S/C18H16ClN5OS/c19-13-3-1-12(2-4-13)10-24-8-5-14-16(11-24)26-18(22-14)23-17(25)15-9-20-6-7-21-15/h1-4,6-7,9H,5,8,10-11H2,(H,22,23,25). The van der Waals surface area contributed by atoms with Crippen molar-refractivity contribution in [3.63, 3.8) is 0 Å². The summed E-state index contributed by atoms with van der Waals surface area (Å²) < 4.78 is 0. The second kappa shape index (κ2) is 7.49. The van der Waals surface area contributed by atoms with Gasteiger partial charge in [0.15, 0.2) is 5.13 Å². The van der Waals surface area contributed by atoms with Crippen LogP contribution in [-0.4, -0.2) is 32.3 Å². The number of nitrogens with one attached hydrogen (secondary N) is 1. The van der Waals surface area contributed by atoms with Crippen molar-refractivity contribution in [2.75, 3.05) is 11.9 Å². The second-order valence-corrected chi connectivity index (χ2v) is 7.54. The first kappa shape index (κ1) is 17.1. The number of aromatic nitrogens is 3. The summed E-state index contributed by atoms with van der Waals surface area (Å²) in [4.78, 5) is 28.2. The molecule has 1 aromatic carbocycles. The molecule has 0 spiro atoms. The van der Waals surface area contributed by atoms with E-state index in [1.807, 2.05) is 12.1 Å². The number of benzene rings is 1. The molecule has 8 heteroatoms. The van der Waals surface area contributed by atoms with Gasteiger partial charge in [-0.2, -0.15) is 0 Å². The molecule has 0 aliphatic carbocycles. The van der Waals surface area contributed by atoms with Crippen molar-refractivity contribution < 1.29 is 4.79 Å². The van der Waals surface area contributed by atoms with Gasteiger partial charge >= 0.3 is 0 Å². The van der Waals surface area contributed by atoms with Crippen molar-refractivity contribution in [2.45, 2.75) is 19.5 Å². The van der Waals surface area contributed by atoms with Crippen LogP contribution in [0.3, 0.4) is 0 Å². The molecule has 3 heterocycles. The zero-order chi connectivity index (χ0) is 17.9. The molecule has 0 unspecified atom stereocenters. The van der Waals surface area contributed by atoms with Crippen LogP contribution in [0.5, 0.6) is 0 Å². The zero-order valence-electron chi connectivity index (χ0n) is 13.9. The molecule has 0 fully saturated rings. The number of carbonyl (C=O) groups excluding carboxylic acids is 1. The minimum absolute atomic E-state index is 0.282. The predicted molar refractivity (Wildman–Crippen MR) is 101 cm³/mol. The molecule has 132 valence electrons. The maximum Gasteiger partial charge on any atom is 0.277 e. The first-order valence-electron chi connectivity index (χ1n) is 8.20. The molecule has 26 heavy (non-hydrogen) atoms. The lowest BCUT2D eigenvalue weighted by atomic mass is 10.1. The Morgan fingerprint density at radius 1 is 1.27 bits per heavy atom. The van der Waals surface area contributed by atoms with Gasteiger partial charge in [0.2, 0.25) is 0 Å². The summed E-state index contributed by atoms with van der Waals surface area (Å²) in [6, 6.07) is 7.94. The van der Waals surface area contributed by atoms with Gasteiger partial charge in [-0.3, -0.25) is 20.0 Å². The summed E-state index contributed by atoms with van der Waals surface area (Å²) in [7, 11) is 0. The van der Waals surface area contributed by atoms with Crippen molar-refractivity contribution in [1.82, 2.24) is 19.9 Å². The zero-order valence-corrected chi connectivity index (χ0v) is 15.4. The molecule has 1 amide bonds. The largest absolute Gasteiger partial charge is 0.296 e. The summed E-state index contributed by atoms with van der Waals surface area (Å²) in [5.74, 6) is -0.290. The number of anilines is 1. The highest BCUT2D eigenvalue weighted by molar-refractivity contribution is 7.15. The van der Waals surface area contributed by atoms with Gasteiger partial charge in [0.05, 0.1) is 11.9 Å². The number of nitrogens with zero attached hydrogens (tertiary/aromatic N) is 4. The second-order valence-electron chi connectivity index (χ2n) is 6.02. The van der Waals surface area contributed by atoms with Gasteiger partial charge in [0, 0.05) is 48.3 Å². The third-order valence-corrected chi connectivity index (χ3v) is 5.40. The molecule has 0 saturated carbocycles. The Morgan fingerprint density at radius 3 is 2.88 bits per heavy atom. The van der Waals surface area contributed by atoms with E-state index in [1.165, 1.54) is 40.4 Å². The lowest BCUT2D eigenvalue weighted by Crippen LogP contribution is -2.29. The summed E-state index contributed by atoms with van der Waals surface area (Å²) >= 11 is 7.47. The number of fused-ring (bicyclic) bond motifs is 1. The highest BCUT2D eigenvalue weighted by atomic mass is 35.5. The highest BCUT2D eigenvalue weighted by Gasteiger charge is 2.22. The van der Waals surface area contributed by atoms with Gasteiger partial charge in [-0.25, -0.2) is 9.97 Å². The van der Waals surface area contributed by atoms with E-state index in [-0.39, 0.29) is 11.6 Å². The van der Waals surface area contributed by atoms with Crippen LogP contribution in [0.15, 0.2) is 42.9 Å². The van der Waals surface area contributed by atoms with Crippen LogP contribution in [0.25, 0.3) is 0 Å². The number of hydrogen-bond donors (Lipinski definition) is 1. The molecule has 1 aliphatic heterocycles. The first-order chi connectivity index (χ1) is 12.7. The van der Waals surface area contributed by atoms with Crippen LogP contribution < -0.4 is 5.32 Å². The summed E-state index contributed by atoms with van der Waals surface area (Å²) in [6.07, 6.45) is 5.35. The maximum atomic E-state index is 12.2. The lowest BCUT2D eigenvalue weighted by molar-refractivity contribution is 0.102. The van der Waals surface area contributed by atoms with E-state index in [4.69, 9.17) is 11.6 Å². The number of carbonyl (C=O) groups is 1. The van der Waals surface area contributed by atoms with Crippen molar-refractivity contribution in [3.05, 3.63) is 69.7 Å².